The second kappa shape index (κ2) is 12.6. The number of esters is 1. The van der Waals surface area contributed by atoms with Crippen molar-refractivity contribution in [3.05, 3.63) is 119 Å². The van der Waals surface area contributed by atoms with Crippen molar-refractivity contribution in [1.82, 2.24) is 0 Å². The molecule has 0 amide bonds. The summed E-state index contributed by atoms with van der Waals surface area (Å²) in [6.45, 7) is 1.48. The van der Waals surface area contributed by atoms with Crippen LogP contribution in [0, 0.1) is 0 Å². The predicted octanol–water partition coefficient (Wildman–Crippen LogP) is 6.46. The van der Waals surface area contributed by atoms with Crippen LogP contribution in [0.2, 0.25) is 0 Å². The first-order chi connectivity index (χ1) is 18.9. The third kappa shape index (κ3) is 6.75. The van der Waals surface area contributed by atoms with Gasteiger partial charge in [-0.2, -0.15) is 4.89 Å². The van der Waals surface area contributed by atoms with E-state index < -0.39 is 24.2 Å². The molecule has 0 heterocycles. The Bertz CT molecular complexity index is 1460. The van der Waals surface area contributed by atoms with Gasteiger partial charge in [0.15, 0.2) is 0 Å². The predicted molar refractivity (Wildman–Crippen MR) is 143 cm³/mol. The fourth-order valence-electron chi connectivity index (χ4n) is 3.95. The molecular weight excluding hydrogens is 500 g/mol. The first-order valence-corrected chi connectivity index (χ1v) is 12.2. The van der Waals surface area contributed by atoms with Gasteiger partial charge in [-0.3, -0.25) is 0 Å². The Kier molecular flexibility index (Phi) is 8.83. The Hall–Kier alpha value is -4.79. The van der Waals surface area contributed by atoms with E-state index in [1.54, 1.807) is 31.2 Å². The molecule has 0 radical (unpaired) electrons. The lowest BCUT2D eigenvalue weighted by Crippen LogP contribution is -2.22. The average Bonchev–Trinajstić information content (AvgIpc) is 2.97. The normalized spacial score (nSPS) is 11.5. The van der Waals surface area contributed by atoms with E-state index in [0.717, 1.165) is 16.7 Å². The van der Waals surface area contributed by atoms with Gasteiger partial charge in [0.1, 0.15) is 6.61 Å². The molecule has 0 saturated heterocycles. The number of carboxylic acids is 2. The molecule has 0 aromatic heterocycles. The highest BCUT2D eigenvalue weighted by Gasteiger charge is 2.23. The highest BCUT2D eigenvalue weighted by Crippen LogP contribution is 2.25. The number of carboxylic acid groups (broad SMARTS) is 2. The molecule has 0 aliphatic rings. The molecular formula is C31H26O8. The van der Waals surface area contributed by atoms with E-state index in [2.05, 4.69) is 0 Å². The third-order valence-corrected chi connectivity index (χ3v) is 5.99. The van der Waals surface area contributed by atoms with Crippen molar-refractivity contribution in [2.45, 2.75) is 26.2 Å². The third-order valence-electron chi connectivity index (χ3n) is 5.99. The van der Waals surface area contributed by atoms with Gasteiger partial charge in [-0.15, -0.1) is 0 Å². The van der Waals surface area contributed by atoms with Crippen molar-refractivity contribution in [3.63, 3.8) is 0 Å². The molecule has 1 atom stereocenters. The number of rotatable bonds is 11. The minimum Gasteiger partial charge on any atom is -0.478 e. The summed E-state index contributed by atoms with van der Waals surface area (Å²) in [5.74, 6) is -3.28. The highest BCUT2D eigenvalue weighted by molar-refractivity contribution is 6.03. The Morgan fingerprint density at radius 3 is 1.74 bits per heavy atom. The van der Waals surface area contributed by atoms with Crippen LogP contribution in [0.3, 0.4) is 0 Å². The standard InChI is InChI=1S/C31H26O8/c1-2-28(38-31(36)25-16-15-23(18-27(25)30(34)35)21-11-7-4-8-12-21)39-37-19-24-14-13-22(17-26(24)29(32)33)20-9-5-3-6-10-20/h3-18,28H,2,19H2,1H3,(H,32,33)(H,34,35). The molecule has 0 saturated carbocycles. The maximum absolute atomic E-state index is 12.8. The van der Waals surface area contributed by atoms with Crippen LogP contribution in [-0.2, 0) is 21.1 Å². The summed E-state index contributed by atoms with van der Waals surface area (Å²) in [6, 6.07) is 28.0. The topological polar surface area (TPSA) is 119 Å². The zero-order valence-electron chi connectivity index (χ0n) is 21.1. The number of hydrogen-bond acceptors (Lipinski definition) is 6. The molecule has 1 unspecified atom stereocenters. The smallest absolute Gasteiger partial charge is 0.341 e. The number of carbonyl (C=O) groups excluding carboxylic acids is 1. The van der Waals surface area contributed by atoms with Gasteiger partial charge in [0.25, 0.3) is 0 Å². The molecule has 4 aromatic carbocycles. The lowest BCUT2D eigenvalue weighted by Gasteiger charge is -2.17. The largest absolute Gasteiger partial charge is 0.478 e. The van der Waals surface area contributed by atoms with Crippen LogP contribution in [0.4, 0.5) is 0 Å². The molecule has 4 aromatic rings. The van der Waals surface area contributed by atoms with Gasteiger partial charge in [-0.1, -0.05) is 85.8 Å². The van der Waals surface area contributed by atoms with Crippen molar-refractivity contribution in [2.24, 2.45) is 0 Å². The minimum atomic E-state index is -1.27. The molecule has 2 N–H and O–H groups in total. The molecule has 0 spiro atoms. The zero-order valence-corrected chi connectivity index (χ0v) is 21.1. The van der Waals surface area contributed by atoms with Crippen molar-refractivity contribution < 1.29 is 39.1 Å². The molecule has 8 heteroatoms. The Morgan fingerprint density at radius 2 is 1.21 bits per heavy atom. The summed E-state index contributed by atoms with van der Waals surface area (Å²) in [5, 5.41) is 19.4. The highest BCUT2D eigenvalue weighted by atomic mass is 17.2. The van der Waals surface area contributed by atoms with E-state index in [4.69, 9.17) is 14.5 Å². The van der Waals surface area contributed by atoms with Crippen LogP contribution in [-0.4, -0.2) is 34.4 Å². The lowest BCUT2D eigenvalue weighted by molar-refractivity contribution is -0.374. The summed E-state index contributed by atoms with van der Waals surface area (Å²) in [5.41, 5.74) is 3.15. The van der Waals surface area contributed by atoms with Crippen molar-refractivity contribution >= 4 is 17.9 Å². The molecule has 0 bridgehead atoms. The van der Waals surface area contributed by atoms with E-state index in [1.807, 2.05) is 60.7 Å². The first-order valence-electron chi connectivity index (χ1n) is 12.2. The van der Waals surface area contributed by atoms with Gasteiger partial charge in [0, 0.05) is 6.42 Å². The molecule has 198 valence electrons. The SMILES string of the molecule is CCC(OOCc1ccc(-c2ccccc2)cc1C(=O)O)OC(=O)c1ccc(-c2ccccc2)cc1C(=O)O. The number of benzene rings is 4. The fraction of sp³-hybridized carbons (Fsp3) is 0.129. The summed E-state index contributed by atoms with van der Waals surface area (Å²) in [7, 11) is 0. The maximum atomic E-state index is 12.8. The van der Waals surface area contributed by atoms with Crippen LogP contribution in [0.1, 0.15) is 50.0 Å². The molecule has 0 fully saturated rings. The monoisotopic (exact) mass is 526 g/mol. The van der Waals surface area contributed by atoms with Crippen molar-refractivity contribution in [2.75, 3.05) is 0 Å². The second-order valence-electron chi connectivity index (χ2n) is 8.58. The molecule has 4 rings (SSSR count). The Morgan fingerprint density at radius 1 is 0.667 bits per heavy atom. The second-order valence-corrected chi connectivity index (χ2v) is 8.58. The van der Waals surface area contributed by atoms with Gasteiger partial charge in [-0.25, -0.2) is 19.3 Å². The Labute approximate surface area is 225 Å². The summed E-state index contributed by atoms with van der Waals surface area (Å²) in [6.07, 6.45) is -0.945. The van der Waals surface area contributed by atoms with Gasteiger partial charge in [0.05, 0.1) is 16.7 Å². The van der Waals surface area contributed by atoms with Crippen LogP contribution < -0.4 is 0 Å². The number of carbonyl (C=O) groups is 3. The molecule has 8 nitrogen and oxygen atoms in total. The summed E-state index contributed by atoms with van der Waals surface area (Å²) in [4.78, 5) is 47.1. The van der Waals surface area contributed by atoms with E-state index in [0.29, 0.717) is 11.1 Å². The van der Waals surface area contributed by atoms with E-state index in [-0.39, 0.29) is 29.7 Å². The lowest BCUT2D eigenvalue weighted by atomic mass is 9.99. The van der Waals surface area contributed by atoms with Crippen LogP contribution in [0.15, 0.2) is 97.1 Å². The van der Waals surface area contributed by atoms with E-state index in [9.17, 15) is 24.6 Å². The van der Waals surface area contributed by atoms with E-state index >= 15 is 0 Å². The summed E-state index contributed by atoms with van der Waals surface area (Å²) < 4.78 is 5.35. The van der Waals surface area contributed by atoms with Crippen LogP contribution >= 0.6 is 0 Å². The maximum Gasteiger partial charge on any atom is 0.341 e. The van der Waals surface area contributed by atoms with Crippen LogP contribution in [0.5, 0.6) is 0 Å². The molecule has 39 heavy (non-hydrogen) atoms. The molecule has 0 aliphatic heterocycles. The Balaban J connectivity index is 1.43. The number of ether oxygens (including phenoxy) is 1. The van der Waals surface area contributed by atoms with Crippen LogP contribution in [0.25, 0.3) is 22.3 Å². The van der Waals surface area contributed by atoms with Crippen molar-refractivity contribution in [3.8, 4) is 22.3 Å². The first kappa shape index (κ1) is 27.3. The van der Waals surface area contributed by atoms with Gasteiger partial charge < -0.3 is 14.9 Å². The van der Waals surface area contributed by atoms with Gasteiger partial charge >= 0.3 is 17.9 Å². The quantitative estimate of drug-likeness (QED) is 0.0989. The average molecular weight is 527 g/mol. The van der Waals surface area contributed by atoms with Gasteiger partial charge in [-0.05, 0) is 46.0 Å². The minimum absolute atomic E-state index is 0.0506. The number of hydrogen-bond donors (Lipinski definition) is 2. The number of aromatic carboxylic acids is 2. The zero-order chi connectivity index (χ0) is 27.8. The van der Waals surface area contributed by atoms with E-state index in [1.165, 1.54) is 12.1 Å². The molecule has 0 aliphatic carbocycles. The van der Waals surface area contributed by atoms with Crippen molar-refractivity contribution in [1.29, 1.82) is 0 Å². The fourth-order valence-corrected chi connectivity index (χ4v) is 3.95. The van der Waals surface area contributed by atoms with Gasteiger partial charge in [0.2, 0.25) is 6.29 Å². The summed E-state index contributed by atoms with van der Waals surface area (Å²) >= 11 is 0.